The molecule has 184 valence electrons. The molecule has 7 heteroatoms. The van der Waals surface area contributed by atoms with Gasteiger partial charge in [0.15, 0.2) is 0 Å². The van der Waals surface area contributed by atoms with Crippen LogP contribution in [0.1, 0.15) is 63.6 Å². The Hall–Kier alpha value is -3.28. The molecule has 5 rings (SSSR count). The maximum absolute atomic E-state index is 13.1. The molecule has 3 atom stereocenters. The molecule has 1 N–H and O–H groups in total. The van der Waals surface area contributed by atoms with Crippen LogP contribution in [-0.4, -0.2) is 18.5 Å². The Labute approximate surface area is 220 Å². The predicted octanol–water partition coefficient (Wildman–Crippen LogP) is 7.61. The Morgan fingerprint density at radius 3 is 2.64 bits per heavy atom. The Balaban J connectivity index is 1.41. The highest BCUT2D eigenvalue weighted by molar-refractivity contribution is 6.35. The van der Waals surface area contributed by atoms with Crippen LogP contribution in [0.5, 0.6) is 5.75 Å². The van der Waals surface area contributed by atoms with Gasteiger partial charge in [-0.1, -0.05) is 60.5 Å². The van der Waals surface area contributed by atoms with Gasteiger partial charge in [0.1, 0.15) is 11.3 Å². The van der Waals surface area contributed by atoms with Crippen LogP contribution in [-0.2, 0) is 4.74 Å². The molecule has 36 heavy (non-hydrogen) atoms. The number of carbonyl (C=O) groups is 2. The van der Waals surface area contributed by atoms with E-state index in [0.29, 0.717) is 28.6 Å². The predicted molar refractivity (Wildman–Crippen MR) is 141 cm³/mol. The number of para-hydroxylation sites is 1. The minimum Gasteiger partial charge on any atom is -0.462 e. The van der Waals surface area contributed by atoms with Crippen LogP contribution in [0.25, 0.3) is 0 Å². The van der Waals surface area contributed by atoms with Gasteiger partial charge < -0.3 is 14.8 Å². The van der Waals surface area contributed by atoms with Crippen LogP contribution >= 0.6 is 23.2 Å². The normalized spacial score (nSPS) is 19.7. The summed E-state index contributed by atoms with van der Waals surface area (Å²) in [4.78, 5) is 25.5. The van der Waals surface area contributed by atoms with Gasteiger partial charge in [-0.3, -0.25) is 0 Å². The molecule has 0 radical (unpaired) electrons. The monoisotopic (exact) mass is 521 g/mol. The Morgan fingerprint density at radius 1 is 1.00 bits per heavy atom. The van der Waals surface area contributed by atoms with E-state index in [2.05, 4.69) is 17.5 Å². The molecule has 0 spiro atoms. The molecular formula is C29H25Cl2NO4. The van der Waals surface area contributed by atoms with E-state index in [1.165, 1.54) is 0 Å². The molecule has 3 aromatic carbocycles. The third-order valence-electron chi connectivity index (χ3n) is 6.64. The molecule has 5 nitrogen and oxygen atoms in total. The van der Waals surface area contributed by atoms with E-state index in [-0.39, 0.29) is 29.2 Å². The van der Waals surface area contributed by atoms with Crippen molar-refractivity contribution in [3.63, 3.8) is 0 Å². The lowest BCUT2D eigenvalue weighted by Gasteiger charge is -2.38. The number of fused-ring (bicyclic) bond motifs is 3. The number of nitrogens with one attached hydrogen (secondary N) is 1. The van der Waals surface area contributed by atoms with Crippen molar-refractivity contribution in [1.29, 1.82) is 0 Å². The first-order chi connectivity index (χ1) is 17.5. The number of rotatable bonds is 6. The Bertz CT molecular complexity index is 1350. The van der Waals surface area contributed by atoms with Crippen molar-refractivity contribution < 1.29 is 19.1 Å². The standard InChI is InChI=1S/C29H25Cl2NO4/c1-2-14-35-29(34)22-6-3-4-9-26(22)36-28(33)17-10-13-25-23(15-17)19-7-5-8-20(19)27(32-25)21-12-11-18(30)16-24(21)31/h3-7,9-13,15-16,19-20,27,32H,2,8,14H2,1H3. The van der Waals surface area contributed by atoms with Crippen LogP contribution in [0.4, 0.5) is 5.69 Å². The molecule has 3 aromatic rings. The SMILES string of the molecule is CCCOC(=O)c1ccccc1OC(=O)c1ccc2c(c1)C1C=CCC1C(c1ccc(Cl)cc1Cl)N2. The minimum atomic E-state index is -0.532. The van der Waals surface area contributed by atoms with Crippen molar-refractivity contribution in [2.45, 2.75) is 31.7 Å². The van der Waals surface area contributed by atoms with E-state index >= 15 is 0 Å². The number of hydrogen-bond donors (Lipinski definition) is 1. The largest absolute Gasteiger partial charge is 0.462 e. The van der Waals surface area contributed by atoms with E-state index in [9.17, 15) is 9.59 Å². The van der Waals surface area contributed by atoms with Gasteiger partial charge in [0.25, 0.3) is 0 Å². The van der Waals surface area contributed by atoms with E-state index in [1.54, 1.807) is 36.4 Å². The van der Waals surface area contributed by atoms with Crippen LogP contribution in [0.15, 0.2) is 72.8 Å². The maximum Gasteiger partial charge on any atom is 0.343 e. The number of ether oxygens (including phenoxy) is 2. The molecule has 0 bridgehead atoms. The number of halogens is 2. The topological polar surface area (TPSA) is 64.6 Å². The zero-order valence-corrected chi connectivity index (χ0v) is 21.2. The van der Waals surface area contributed by atoms with Crippen LogP contribution in [0, 0.1) is 5.92 Å². The number of anilines is 1. The summed E-state index contributed by atoms with van der Waals surface area (Å²) in [5.74, 6) is -0.496. The minimum absolute atomic E-state index is 0.0149. The summed E-state index contributed by atoms with van der Waals surface area (Å²) in [7, 11) is 0. The molecule has 0 saturated heterocycles. The van der Waals surface area contributed by atoms with Crippen LogP contribution in [0.3, 0.4) is 0 Å². The number of allylic oxidation sites excluding steroid dienone is 2. The molecule has 1 aliphatic carbocycles. The van der Waals surface area contributed by atoms with Gasteiger partial charge in [-0.2, -0.15) is 0 Å². The third kappa shape index (κ3) is 4.73. The number of hydrogen-bond acceptors (Lipinski definition) is 5. The summed E-state index contributed by atoms with van der Waals surface area (Å²) in [5.41, 5.74) is 3.61. The first kappa shape index (κ1) is 24.4. The van der Waals surface area contributed by atoms with E-state index in [4.69, 9.17) is 32.7 Å². The fourth-order valence-corrected chi connectivity index (χ4v) is 5.46. The summed E-state index contributed by atoms with van der Waals surface area (Å²) >= 11 is 12.7. The van der Waals surface area contributed by atoms with Crippen molar-refractivity contribution in [1.82, 2.24) is 0 Å². The van der Waals surface area contributed by atoms with E-state index < -0.39 is 11.9 Å². The smallest absolute Gasteiger partial charge is 0.343 e. The lowest BCUT2D eigenvalue weighted by atomic mass is 9.76. The lowest BCUT2D eigenvalue weighted by molar-refractivity contribution is 0.0499. The highest BCUT2D eigenvalue weighted by Gasteiger charge is 2.39. The molecular weight excluding hydrogens is 497 g/mol. The van der Waals surface area contributed by atoms with Gasteiger partial charge in [0.05, 0.1) is 18.2 Å². The second-order valence-corrected chi connectivity index (χ2v) is 9.81. The third-order valence-corrected chi connectivity index (χ3v) is 7.21. The van der Waals surface area contributed by atoms with E-state index in [0.717, 1.165) is 23.2 Å². The molecule has 0 fully saturated rings. The van der Waals surface area contributed by atoms with Crippen molar-refractivity contribution in [2.24, 2.45) is 5.92 Å². The molecule has 0 saturated carbocycles. The van der Waals surface area contributed by atoms with Gasteiger partial charge in [-0.25, -0.2) is 9.59 Å². The fraction of sp³-hybridized carbons (Fsp3) is 0.241. The zero-order valence-electron chi connectivity index (χ0n) is 19.7. The van der Waals surface area contributed by atoms with Crippen molar-refractivity contribution in [3.8, 4) is 5.75 Å². The number of esters is 2. The second kappa shape index (κ2) is 10.4. The number of carbonyl (C=O) groups excluding carboxylic acids is 2. The average Bonchev–Trinajstić information content (AvgIpc) is 3.37. The summed E-state index contributed by atoms with van der Waals surface area (Å²) in [6.45, 7) is 2.22. The van der Waals surface area contributed by atoms with Crippen LogP contribution in [0.2, 0.25) is 10.0 Å². The molecule has 0 amide bonds. The van der Waals surface area contributed by atoms with Gasteiger partial charge in [0, 0.05) is 21.7 Å². The van der Waals surface area contributed by atoms with Crippen LogP contribution < -0.4 is 10.1 Å². The van der Waals surface area contributed by atoms with Gasteiger partial charge in [-0.15, -0.1) is 0 Å². The second-order valence-electron chi connectivity index (χ2n) is 8.96. The summed E-state index contributed by atoms with van der Waals surface area (Å²) < 4.78 is 10.9. The van der Waals surface area contributed by atoms with Crippen molar-refractivity contribution in [2.75, 3.05) is 11.9 Å². The lowest BCUT2D eigenvalue weighted by Crippen LogP contribution is -2.29. The molecule has 1 aliphatic heterocycles. The fourth-order valence-electron chi connectivity index (χ4n) is 4.94. The summed E-state index contributed by atoms with van der Waals surface area (Å²) in [6.07, 6.45) is 5.96. The van der Waals surface area contributed by atoms with Crippen molar-refractivity contribution >= 4 is 40.8 Å². The highest BCUT2D eigenvalue weighted by atomic mass is 35.5. The highest BCUT2D eigenvalue weighted by Crippen LogP contribution is 2.51. The first-order valence-electron chi connectivity index (χ1n) is 12.0. The van der Waals surface area contributed by atoms with E-state index in [1.807, 2.05) is 31.2 Å². The molecule has 3 unspecified atom stereocenters. The summed E-state index contributed by atoms with van der Waals surface area (Å²) in [5, 5.41) is 4.85. The first-order valence-corrected chi connectivity index (χ1v) is 12.7. The zero-order chi connectivity index (χ0) is 25.2. The summed E-state index contributed by atoms with van der Waals surface area (Å²) in [6, 6.07) is 17.7. The maximum atomic E-state index is 13.1. The van der Waals surface area contributed by atoms with Gasteiger partial charge in [0.2, 0.25) is 0 Å². The van der Waals surface area contributed by atoms with Gasteiger partial charge in [-0.05, 0) is 72.4 Å². The molecule has 1 heterocycles. The Kier molecular flexibility index (Phi) is 7.04. The average molecular weight is 522 g/mol. The molecule has 0 aromatic heterocycles. The quantitative estimate of drug-likeness (QED) is 0.205. The Morgan fingerprint density at radius 2 is 1.83 bits per heavy atom. The van der Waals surface area contributed by atoms with Gasteiger partial charge >= 0.3 is 11.9 Å². The number of benzene rings is 3. The molecule has 2 aliphatic rings. The van der Waals surface area contributed by atoms with Crippen molar-refractivity contribution in [3.05, 3.63) is 105 Å².